The van der Waals surface area contributed by atoms with E-state index in [0.29, 0.717) is 15.6 Å². The molecule has 2 rings (SSSR count). The lowest BCUT2D eigenvalue weighted by Gasteiger charge is -2.07. The van der Waals surface area contributed by atoms with E-state index in [1.807, 2.05) is 0 Å². The van der Waals surface area contributed by atoms with Gasteiger partial charge in [-0.05, 0) is 42.6 Å². The summed E-state index contributed by atoms with van der Waals surface area (Å²) in [5.74, 6) is -1.02. The van der Waals surface area contributed by atoms with Crippen LogP contribution in [0.15, 0.2) is 35.7 Å². The number of hydrogen-bond donors (Lipinski definition) is 2. The van der Waals surface area contributed by atoms with Crippen molar-refractivity contribution in [1.29, 1.82) is 0 Å². The van der Waals surface area contributed by atoms with Gasteiger partial charge < -0.3 is 10.1 Å². The molecule has 0 atom stereocenters. The molecule has 0 unspecified atom stereocenters. The number of imide groups is 1. The van der Waals surface area contributed by atoms with Crippen molar-refractivity contribution in [2.24, 2.45) is 0 Å². The van der Waals surface area contributed by atoms with Gasteiger partial charge in [-0.1, -0.05) is 11.6 Å². The maximum Gasteiger partial charge on any atom is 0.414 e. The zero-order chi connectivity index (χ0) is 16.8. The summed E-state index contributed by atoms with van der Waals surface area (Å²) in [6.07, 6.45) is -0.835. The van der Waals surface area contributed by atoms with Gasteiger partial charge in [-0.2, -0.15) is 0 Å². The van der Waals surface area contributed by atoms with E-state index in [9.17, 15) is 14.4 Å². The van der Waals surface area contributed by atoms with Gasteiger partial charge >= 0.3 is 6.09 Å². The molecule has 0 aliphatic heterocycles. The number of benzene rings is 1. The number of rotatable bonds is 4. The predicted molar refractivity (Wildman–Crippen MR) is 88.2 cm³/mol. The van der Waals surface area contributed by atoms with Gasteiger partial charge in [0.1, 0.15) is 5.00 Å². The molecule has 1 aromatic carbocycles. The highest BCUT2D eigenvalue weighted by atomic mass is 35.5. The monoisotopic (exact) mass is 352 g/mol. The largest absolute Gasteiger partial charge is 0.450 e. The van der Waals surface area contributed by atoms with Crippen molar-refractivity contribution in [3.05, 3.63) is 51.9 Å². The highest BCUT2D eigenvalue weighted by Crippen LogP contribution is 2.24. The number of halogens is 1. The second kappa shape index (κ2) is 7.75. The van der Waals surface area contributed by atoms with Gasteiger partial charge in [0.2, 0.25) is 0 Å². The Labute approximate surface area is 141 Å². The first-order valence-corrected chi connectivity index (χ1v) is 7.89. The maximum absolute atomic E-state index is 12.2. The Kier molecular flexibility index (Phi) is 5.72. The molecule has 3 amide bonds. The van der Waals surface area contributed by atoms with Crippen molar-refractivity contribution in [1.82, 2.24) is 5.32 Å². The molecule has 23 heavy (non-hydrogen) atoms. The summed E-state index contributed by atoms with van der Waals surface area (Å²) in [5, 5.41) is 7.21. The first-order chi connectivity index (χ1) is 11.0. The number of anilines is 1. The van der Waals surface area contributed by atoms with Crippen LogP contribution in [0.5, 0.6) is 0 Å². The summed E-state index contributed by atoms with van der Waals surface area (Å²) in [4.78, 5) is 35.4. The first kappa shape index (κ1) is 17.0. The van der Waals surface area contributed by atoms with Crippen LogP contribution in [0.3, 0.4) is 0 Å². The first-order valence-electron chi connectivity index (χ1n) is 6.63. The van der Waals surface area contributed by atoms with Crippen molar-refractivity contribution in [3.63, 3.8) is 0 Å². The average Bonchev–Trinajstić information content (AvgIpc) is 2.96. The van der Waals surface area contributed by atoms with Crippen LogP contribution >= 0.6 is 22.9 Å². The number of ether oxygens (including phenoxy) is 1. The highest BCUT2D eigenvalue weighted by Gasteiger charge is 2.18. The summed E-state index contributed by atoms with van der Waals surface area (Å²) in [6.45, 7) is 1.79. The lowest BCUT2D eigenvalue weighted by molar-refractivity contribution is 0.0926. The van der Waals surface area contributed by atoms with E-state index >= 15 is 0 Å². The molecule has 0 saturated carbocycles. The lowest BCUT2D eigenvalue weighted by Crippen LogP contribution is -2.31. The zero-order valence-electron chi connectivity index (χ0n) is 12.1. The molecule has 0 fully saturated rings. The Morgan fingerprint density at radius 2 is 1.83 bits per heavy atom. The van der Waals surface area contributed by atoms with Gasteiger partial charge in [0.25, 0.3) is 11.8 Å². The summed E-state index contributed by atoms with van der Waals surface area (Å²) in [7, 11) is 0. The fraction of sp³-hybridized carbons (Fsp3) is 0.133. The molecular formula is C15H13ClN2O4S. The standard InChI is InChI=1S/C15H13ClN2O4S/c1-2-22-15(21)18-13(20)11-7-8-23-14(11)17-12(19)9-3-5-10(16)6-4-9/h3-8H,2H2,1H3,(H,17,19)(H,18,20,21). The molecule has 8 heteroatoms. The zero-order valence-corrected chi connectivity index (χ0v) is 13.7. The molecule has 1 heterocycles. The molecule has 1 aromatic heterocycles. The van der Waals surface area contributed by atoms with Crippen LogP contribution in [0, 0.1) is 0 Å². The third-order valence-corrected chi connectivity index (χ3v) is 3.82. The number of amides is 3. The SMILES string of the molecule is CCOC(=O)NC(=O)c1ccsc1NC(=O)c1ccc(Cl)cc1. The van der Waals surface area contributed by atoms with Gasteiger partial charge in [-0.15, -0.1) is 11.3 Å². The molecule has 0 aliphatic carbocycles. The van der Waals surface area contributed by atoms with Gasteiger partial charge in [-0.3, -0.25) is 14.9 Å². The molecule has 0 bridgehead atoms. The van der Waals surface area contributed by atoms with E-state index in [0.717, 1.165) is 0 Å². The molecule has 2 N–H and O–H groups in total. The highest BCUT2D eigenvalue weighted by molar-refractivity contribution is 7.14. The van der Waals surface area contributed by atoms with Crippen molar-refractivity contribution in [3.8, 4) is 0 Å². The smallest absolute Gasteiger partial charge is 0.414 e. The van der Waals surface area contributed by atoms with Crippen LogP contribution in [0.1, 0.15) is 27.6 Å². The maximum atomic E-state index is 12.2. The summed E-state index contributed by atoms with van der Waals surface area (Å²) in [6, 6.07) is 7.85. The molecular weight excluding hydrogens is 340 g/mol. The molecule has 6 nitrogen and oxygen atoms in total. The van der Waals surface area contributed by atoms with Crippen molar-refractivity contribution >= 4 is 45.8 Å². The fourth-order valence-electron chi connectivity index (χ4n) is 1.69. The summed E-state index contributed by atoms with van der Waals surface area (Å²) >= 11 is 6.95. The van der Waals surface area contributed by atoms with Crippen molar-refractivity contribution < 1.29 is 19.1 Å². The minimum absolute atomic E-state index is 0.156. The Morgan fingerprint density at radius 1 is 1.13 bits per heavy atom. The number of hydrogen-bond acceptors (Lipinski definition) is 5. The third-order valence-electron chi connectivity index (χ3n) is 2.73. The minimum Gasteiger partial charge on any atom is -0.450 e. The van der Waals surface area contributed by atoms with E-state index < -0.39 is 12.0 Å². The van der Waals surface area contributed by atoms with Crippen LogP contribution in [-0.2, 0) is 4.74 Å². The van der Waals surface area contributed by atoms with Gasteiger partial charge in [-0.25, -0.2) is 4.79 Å². The Morgan fingerprint density at radius 3 is 2.48 bits per heavy atom. The molecule has 0 aliphatic rings. The summed E-state index contributed by atoms with van der Waals surface area (Å²) < 4.78 is 4.64. The van der Waals surface area contributed by atoms with E-state index in [1.165, 1.54) is 17.4 Å². The quantitative estimate of drug-likeness (QED) is 0.881. The second-order valence-corrected chi connectivity index (χ2v) is 5.65. The number of alkyl carbamates (subject to hydrolysis) is 1. The Bertz CT molecular complexity index is 727. The van der Waals surface area contributed by atoms with Gasteiger partial charge in [0.05, 0.1) is 12.2 Å². The summed E-state index contributed by atoms with van der Waals surface area (Å²) in [5.41, 5.74) is 0.588. The topological polar surface area (TPSA) is 84.5 Å². The van der Waals surface area contributed by atoms with Crippen LogP contribution in [0.2, 0.25) is 5.02 Å². The molecule has 0 spiro atoms. The normalized spacial score (nSPS) is 10.0. The van der Waals surface area contributed by atoms with Crippen molar-refractivity contribution in [2.75, 3.05) is 11.9 Å². The van der Waals surface area contributed by atoms with Crippen LogP contribution in [0.25, 0.3) is 0 Å². The van der Waals surface area contributed by atoms with Gasteiger partial charge in [0, 0.05) is 10.6 Å². The Balaban J connectivity index is 2.08. The number of carbonyl (C=O) groups excluding carboxylic acids is 3. The Hall–Kier alpha value is -2.38. The molecule has 120 valence electrons. The second-order valence-electron chi connectivity index (χ2n) is 4.30. The van der Waals surface area contributed by atoms with E-state index in [1.54, 1.807) is 36.6 Å². The molecule has 0 radical (unpaired) electrons. The fourth-order valence-corrected chi connectivity index (χ4v) is 2.59. The number of carbonyl (C=O) groups is 3. The number of nitrogens with one attached hydrogen (secondary N) is 2. The van der Waals surface area contributed by atoms with Crippen LogP contribution < -0.4 is 10.6 Å². The lowest BCUT2D eigenvalue weighted by atomic mass is 10.2. The van der Waals surface area contributed by atoms with Crippen molar-refractivity contribution in [2.45, 2.75) is 6.92 Å². The van der Waals surface area contributed by atoms with E-state index in [2.05, 4.69) is 15.4 Å². The predicted octanol–water partition coefficient (Wildman–Crippen LogP) is 3.54. The minimum atomic E-state index is -0.835. The van der Waals surface area contributed by atoms with Gasteiger partial charge in [0.15, 0.2) is 0 Å². The third kappa shape index (κ3) is 4.54. The molecule has 2 aromatic rings. The van der Waals surface area contributed by atoms with Crippen LogP contribution in [-0.4, -0.2) is 24.5 Å². The van der Waals surface area contributed by atoms with E-state index in [4.69, 9.17) is 11.6 Å². The van der Waals surface area contributed by atoms with Crippen LogP contribution in [0.4, 0.5) is 9.80 Å². The molecule has 0 saturated heterocycles. The van der Waals surface area contributed by atoms with E-state index in [-0.39, 0.29) is 18.1 Å². The number of thiophene rings is 1. The average molecular weight is 353 g/mol.